The molecule has 17 heavy (non-hydrogen) atoms. The first-order valence-corrected chi connectivity index (χ1v) is 5.53. The summed E-state index contributed by atoms with van der Waals surface area (Å²) in [6.07, 6.45) is 3.69. The number of pyridine rings is 1. The predicted molar refractivity (Wildman–Crippen MR) is 68.9 cm³/mol. The fourth-order valence-corrected chi connectivity index (χ4v) is 1.83. The van der Waals surface area contributed by atoms with E-state index in [1.165, 1.54) is 0 Å². The third kappa shape index (κ3) is 2.45. The largest absolute Gasteiger partial charge is 0.497 e. The van der Waals surface area contributed by atoms with Crippen molar-refractivity contribution in [3.63, 3.8) is 0 Å². The summed E-state index contributed by atoms with van der Waals surface area (Å²) in [5.41, 5.74) is 10.1. The Morgan fingerprint density at radius 2 is 2.06 bits per heavy atom. The zero-order valence-electron chi connectivity index (χ0n) is 10.1. The maximum absolute atomic E-state index is 5.76. The standard InChI is InChI=1S/C14H16N2O/c1-10-5-12(9-16-8-10)14-6-13(17-2)4-3-11(14)7-15/h3-6,8-9H,7,15H2,1-2H3. The number of aryl methyl sites for hydroxylation is 1. The van der Waals surface area contributed by atoms with Gasteiger partial charge in [-0.1, -0.05) is 6.07 Å². The summed E-state index contributed by atoms with van der Waals surface area (Å²) in [5.74, 6) is 0.832. The molecule has 1 heterocycles. The highest BCUT2D eigenvalue weighted by Crippen LogP contribution is 2.27. The molecule has 0 bridgehead atoms. The Morgan fingerprint density at radius 1 is 1.24 bits per heavy atom. The number of benzene rings is 1. The van der Waals surface area contributed by atoms with Crippen molar-refractivity contribution in [3.8, 4) is 16.9 Å². The van der Waals surface area contributed by atoms with Crippen molar-refractivity contribution < 1.29 is 4.74 Å². The monoisotopic (exact) mass is 228 g/mol. The van der Waals surface area contributed by atoms with E-state index in [9.17, 15) is 0 Å². The van der Waals surface area contributed by atoms with E-state index in [2.05, 4.69) is 11.1 Å². The van der Waals surface area contributed by atoms with Gasteiger partial charge in [0.25, 0.3) is 0 Å². The Kier molecular flexibility index (Phi) is 3.40. The predicted octanol–water partition coefficient (Wildman–Crippen LogP) is 2.52. The Bertz CT molecular complexity index is 523. The number of hydrogen-bond donors (Lipinski definition) is 1. The minimum absolute atomic E-state index is 0.507. The van der Waals surface area contributed by atoms with Gasteiger partial charge in [0.1, 0.15) is 5.75 Å². The lowest BCUT2D eigenvalue weighted by atomic mass is 10.00. The summed E-state index contributed by atoms with van der Waals surface area (Å²) < 4.78 is 5.24. The van der Waals surface area contributed by atoms with Gasteiger partial charge in [-0.05, 0) is 41.8 Å². The van der Waals surface area contributed by atoms with Gasteiger partial charge in [0.05, 0.1) is 7.11 Å². The minimum Gasteiger partial charge on any atom is -0.497 e. The molecule has 0 aliphatic rings. The molecule has 0 amide bonds. The fraction of sp³-hybridized carbons (Fsp3) is 0.214. The molecule has 0 atom stereocenters. The van der Waals surface area contributed by atoms with Crippen molar-refractivity contribution >= 4 is 0 Å². The lowest BCUT2D eigenvalue weighted by Crippen LogP contribution is -1.99. The van der Waals surface area contributed by atoms with E-state index in [1.807, 2.05) is 37.5 Å². The zero-order chi connectivity index (χ0) is 12.3. The Balaban J connectivity index is 2.56. The number of aromatic nitrogens is 1. The van der Waals surface area contributed by atoms with Crippen molar-refractivity contribution in [3.05, 3.63) is 47.8 Å². The van der Waals surface area contributed by atoms with Crippen LogP contribution in [0, 0.1) is 6.92 Å². The van der Waals surface area contributed by atoms with Crippen molar-refractivity contribution in [2.75, 3.05) is 7.11 Å². The topological polar surface area (TPSA) is 48.1 Å². The van der Waals surface area contributed by atoms with Gasteiger partial charge >= 0.3 is 0 Å². The van der Waals surface area contributed by atoms with Crippen LogP contribution in [0.2, 0.25) is 0 Å². The number of methoxy groups -OCH3 is 1. The van der Waals surface area contributed by atoms with Crippen molar-refractivity contribution in [1.82, 2.24) is 4.98 Å². The van der Waals surface area contributed by atoms with Crippen LogP contribution in [0.5, 0.6) is 5.75 Å². The lowest BCUT2D eigenvalue weighted by Gasteiger charge is -2.10. The van der Waals surface area contributed by atoms with Crippen LogP contribution in [0.4, 0.5) is 0 Å². The van der Waals surface area contributed by atoms with E-state index in [1.54, 1.807) is 7.11 Å². The average Bonchev–Trinajstić information content (AvgIpc) is 2.38. The average molecular weight is 228 g/mol. The van der Waals surface area contributed by atoms with E-state index < -0.39 is 0 Å². The van der Waals surface area contributed by atoms with Gasteiger partial charge in [-0.15, -0.1) is 0 Å². The second-order valence-electron chi connectivity index (χ2n) is 3.98. The highest BCUT2D eigenvalue weighted by atomic mass is 16.5. The SMILES string of the molecule is COc1ccc(CN)c(-c2cncc(C)c2)c1. The molecule has 3 nitrogen and oxygen atoms in total. The second kappa shape index (κ2) is 4.97. The van der Waals surface area contributed by atoms with Crippen LogP contribution in [0.1, 0.15) is 11.1 Å². The molecule has 0 spiro atoms. The van der Waals surface area contributed by atoms with Gasteiger partial charge < -0.3 is 10.5 Å². The first-order valence-electron chi connectivity index (χ1n) is 5.53. The van der Waals surface area contributed by atoms with Gasteiger partial charge in [0.2, 0.25) is 0 Å². The first kappa shape index (κ1) is 11.6. The molecule has 2 N–H and O–H groups in total. The minimum atomic E-state index is 0.507. The Hall–Kier alpha value is -1.87. The smallest absolute Gasteiger partial charge is 0.119 e. The van der Waals surface area contributed by atoms with E-state index >= 15 is 0 Å². The van der Waals surface area contributed by atoms with Crippen molar-refractivity contribution in [2.24, 2.45) is 5.73 Å². The molecule has 2 rings (SSSR count). The van der Waals surface area contributed by atoms with E-state index in [0.29, 0.717) is 6.54 Å². The molecule has 88 valence electrons. The van der Waals surface area contributed by atoms with Gasteiger partial charge in [0, 0.05) is 24.5 Å². The molecule has 2 aromatic rings. The first-order chi connectivity index (χ1) is 8.24. The third-order valence-electron chi connectivity index (χ3n) is 2.72. The van der Waals surface area contributed by atoms with Crippen LogP contribution >= 0.6 is 0 Å². The third-order valence-corrected chi connectivity index (χ3v) is 2.72. The number of rotatable bonds is 3. The van der Waals surface area contributed by atoms with Crippen LogP contribution in [0.25, 0.3) is 11.1 Å². The van der Waals surface area contributed by atoms with E-state index in [4.69, 9.17) is 10.5 Å². The summed E-state index contributed by atoms with van der Waals surface area (Å²) >= 11 is 0. The van der Waals surface area contributed by atoms with Crippen molar-refractivity contribution in [2.45, 2.75) is 13.5 Å². The molecule has 0 saturated heterocycles. The van der Waals surface area contributed by atoms with Gasteiger partial charge in [-0.25, -0.2) is 0 Å². The molecule has 0 fully saturated rings. The van der Waals surface area contributed by atoms with Crippen LogP contribution in [0.15, 0.2) is 36.7 Å². The summed E-state index contributed by atoms with van der Waals surface area (Å²) in [6.45, 7) is 2.53. The molecule has 0 aliphatic heterocycles. The van der Waals surface area contributed by atoms with Gasteiger partial charge in [0.15, 0.2) is 0 Å². The van der Waals surface area contributed by atoms with E-state index in [0.717, 1.165) is 28.0 Å². The van der Waals surface area contributed by atoms with Crippen LogP contribution < -0.4 is 10.5 Å². The Morgan fingerprint density at radius 3 is 2.71 bits per heavy atom. The summed E-state index contributed by atoms with van der Waals surface area (Å²) in [6, 6.07) is 8.02. The molecule has 3 heteroatoms. The highest BCUT2D eigenvalue weighted by molar-refractivity contribution is 5.68. The number of ether oxygens (including phenoxy) is 1. The molecular weight excluding hydrogens is 212 g/mol. The van der Waals surface area contributed by atoms with Crippen molar-refractivity contribution in [1.29, 1.82) is 0 Å². The fourth-order valence-electron chi connectivity index (χ4n) is 1.83. The number of nitrogens with zero attached hydrogens (tertiary/aromatic N) is 1. The molecular formula is C14H16N2O. The van der Waals surface area contributed by atoms with Gasteiger partial charge in [-0.3, -0.25) is 4.98 Å². The maximum atomic E-state index is 5.76. The Labute approximate surface area is 101 Å². The molecule has 0 saturated carbocycles. The van der Waals surface area contributed by atoms with E-state index in [-0.39, 0.29) is 0 Å². The number of nitrogens with two attached hydrogens (primary N) is 1. The molecule has 0 radical (unpaired) electrons. The van der Waals surface area contributed by atoms with Gasteiger partial charge in [-0.2, -0.15) is 0 Å². The summed E-state index contributed by atoms with van der Waals surface area (Å²) in [5, 5.41) is 0. The highest BCUT2D eigenvalue weighted by Gasteiger charge is 2.06. The molecule has 1 aromatic heterocycles. The molecule has 1 aromatic carbocycles. The van der Waals surface area contributed by atoms with Crippen LogP contribution in [-0.4, -0.2) is 12.1 Å². The molecule has 0 aliphatic carbocycles. The second-order valence-corrected chi connectivity index (χ2v) is 3.98. The lowest BCUT2D eigenvalue weighted by molar-refractivity contribution is 0.415. The normalized spacial score (nSPS) is 10.3. The molecule has 0 unspecified atom stereocenters. The quantitative estimate of drug-likeness (QED) is 0.878. The van der Waals surface area contributed by atoms with Crippen LogP contribution in [-0.2, 0) is 6.54 Å². The number of hydrogen-bond acceptors (Lipinski definition) is 3. The van der Waals surface area contributed by atoms with Crippen LogP contribution in [0.3, 0.4) is 0 Å². The zero-order valence-corrected chi connectivity index (χ0v) is 10.1. The summed E-state index contributed by atoms with van der Waals surface area (Å²) in [7, 11) is 1.66. The summed E-state index contributed by atoms with van der Waals surface area (Å²) in [4.78, 5) is 4.21. The maximum Gasteiger partial charge on any atom is 0.119 e.